The molecule has 0 aliphatic rings. The van der Waals surface area contributed by atoms with Crippen molar-refractivity contribution >= 4 is 11.8 Å². The summed E-state index contributed by atoms with van der Waals surface area (Å²) in [5, 5.41) is 7.47. The lowest BCUT2D eigenvalue weighted by Crippen LogP contribution is -2.25. The number of hydrogen-bond acceptors (Lipinski definition) is 3. The van der Waals surface area contributed by atoms with Crippen molar-refractivity contribution in [3.8, 4) is 0 Å². The van der Waals surface area contributed by atoms with E-state index in [4.69, 9.17) is 0 Å². The van der Waals surface area contributed by atoms with Crippen LogP contribution in [0.3, 0.4) is 0 Å². The largest absolute Gasteiger partial charge is 0.311 e. The normalized spacial score (nSPS) is 10.9. The van der Waals surface area contributed by atoms with E-state index in [0.29, 0.717) is 6.04 Å². The lowest BCUT2D eigenvalue weighted by molar-refractivity contribution is 0.623. The molecule has 1 N–H and O–H groups in total. The van der Waals surface area contributed by atoms with Gasteiger partial charge >= 0.3 is 0 Å². The first-order valence-electron chi connectivity index (χ1n) is 5.09. The monoisotopic (exact) mass is 225 g/mol. The maximum Gasteiger partial charge on any atom is 0.0625 e. The van der Waals surface area contributed by atoms with Crippen LogP contribution in [-0.2, 0) is 7.05 Å². The molecule has 0 aliphatic carbocycles. The zero-order valence-corrected chi connectivity index (χ0v) is 10.5. The van der Waals surface area contributed by atoms with Gasteiger partial charge in [0.15, 0.2) is 0 Å². The van der Waals surface area contributed by atoms with Gasteiger partial charge in [0.1, 0.15) is 0 Å². The minimum absolute atomic E-state index is 0.519. The standard InChI is InChI=1S/C11H19N3S/c1-9(2)12-5-10(3)8-15-11-6-13-14(4)7-11/h6-7,9,12H,3,5,8H2,1-2,4H3. The molecule has 0 bridgehead atoms. The lowest BCUT2D eigenvalue weighted by Gasteiger charge is -2.09. The van der Waals surface area contributed by atoms with Crippen molar-refractivity contribution < 1.29 is 0 Å². The number of aromatic nitrogens is 2. The molecule has 0 aliphatic heterocycles. The molecule has 0 saturated heterocycles. The molecule has 15 heavy (non-hydrogen) atoms. The van der Waals surface area contributed by atoms with E-state index in [0.717, 1.165) is 12.3 Å². The van der Waals surface area contributed by atoms with E-state index in [9.17, 15) is 0 Å². The second kappa shape index (κ2) is 5.98. The predicted molar refractivity (Wildman–Crippen MR) is 66.2 cm³/mol. The number of nitrogens with zero attached hydrogens (tertiary/aromatic N) is 2. The van der Waals surface area contributed by atoms with Gasteiger partial charge in [0.05, 0.1) is 6.20 Å². The van der Waals surface area contributed by atoms with Crippen LogP contribution in [0.5, 0.6) is 0 Å². The van der Waals surface area contributed by atoms with Gasteiger partial charge in [0.25, 0.3) is 0 Å². The van der Waals surface area contributed by atoms with E-state index in [1.54, 1.807) is 11.8 Å². The van der Waals surface area contributed by atoms with Crippen LogP contribution in [0, 0.1) is 0 Å². The Labute approximate surface area is 95.9 Å². The lowest BCUT2D eigenvalue weighted by atomic mass is 10.3. The molecular formula is C11H19N3S. The Morgan fingerprint density at radius 3 is 2.93 bits per heavy atom. The SMILES string of the molecule is C=C(CNC(C)C)CSc1cnn(C)c1. The Bertz CT molecular complexity index is 317. The van der Waals surface area contributed by atoms with Crippen LogP contribution >= 0.6 is 11.8 Å². The zero-order valence-electron chi connectivity index (χ0n) is 9.66. The first kappa shape index (κ1) is 12.3. The molecule has 1 aromatic heterocycles. The van der Waals surface area contributed by atoms with E-state index in [2.05, 4.69) is 30.8 Å². The molecule has 1 heterocycles. The highest BCUT2D eigenvalue weighted by Crippen LogP contribution is 2.18. The van der Waals surface area contributed by atoms with Gasteiger partial charge in [-0.25, -0.2) is 0 Å². The quantitative estimate of drug-likeness (QED) is 0.594. The zero-order chi connectivity index (χ0) is 11.3. The maximum atomic E-state index is 4.12. The van der Waals surface area contributed by atoms with Crippen LogP contribution < -0.4 is 5.32 Å². The summed E-state index contributed by atoms with van der Waals surface area (Å²) in [6, 6.07) is 0.519. The van der Waals surface area contributed by atoms with Crippen LogP contribution in [-0.4, -0.2) is 28.1 Å². The molecule has 0 radical (unpaired) electrons. The first-order valence-corrected chi connectivity index (χ1v) is 6.08. The summed E-state index contributed by atoms with van der Waals surface area (Å²) < 4.78 is 1.82. The molecule has 0 unspecified atom stereocenters. The Kier molecular flexibility index (Phi) is 4.91. The van der Waals surface area contributed by atoms with Crippen molar-refractivity contribution in [2.45, 2.75) is 24.8 Å². The second-order valence-electron chi connectivity index (χ2n) is 3.92. The highest BCUT2D eigenvalue weighted by atomic mass is 32.2. The van der Waals surface area contributed by atoms with Gasteiger partial charge < -0.3 is 5.32 Å². The maximum absolute atomic E-state index is 4.12. The third-order valence-corrected chi connectivity index (χ3v) is 2.98. The van der Waals surface area contributed by atoms with E-state index in [-0.39, 0.29) is 0 Å². The Balaban J connectivity index is 2.22. The van der Waals surface area contributed by atoms with Gasteiger partial charge in [-0.05, 0) is 0 Å². The molecule has 0 amide bonds. The number of hydrogen-bond donors (Lipinski definition) is 1. The van der Waals surface area contributed by atoms with Crippen molar-refractivity contribution in [1.82, 2.24) is 15.1 Å². The van der Waals surface area contributed by atoms with E-state index in [1.807, 2.05) is 24.1 Å². The van der Waals surface area contributed by atoms with Crippen LogP contribution in [0.15, 0.2) is 29.4 Å². The van der Waals surface area contributed by atoms with Gasteiger partial charge in [-0.2, -0.15) is 5.10 Å². The van der Waals surface area contributed by atoms with E-state index < -0.39 is 0 Å². The van der Waals surface area contributed by atoms with Crippen molar-refractivity contribution in [3.05, 3.63) is 24.5 Å². The van der Waals surface area contributed by atoms with Crippen molar-refractivity contribution in [2.24, 2.45) is 7.05 Å². The minimum Gasteiger partial charge on any atom is -0.311 e. The van der Waals surface area contributed by atoms with E-state index >= 15 is 0 Å². The summed E-state index contributed by atoms with van der Waals surface area (Å²) in [5.74, 6) is 0.950. The number of rotatable bonds is 6. The molecule has 0 spiro atoms. The molecule has 1 aromatic rings. The molecule has 3 nitrogen and oxygen atoms in total. The fraction of sp³-hybridized carbons (Fsp3) is 0.545. The Hall–Kier alpha value is -0.740. The third-order valence-electron chi connectivity index (χ3n) is 1.88. The van der Waals surface area contributed by atoms with Crippen LogP contribution in [0.1, 0.15) is 13.8 Å². The van der Waals surface area contributed by atoms with Gasteiger partial charge in [-0.3, -0.25) is 4.68 Å². The molecule has 0 aromatic carbocycles. The topological polar surface area (TPSA) is 29.9 Å². The number of aryl methyl sites for hydroxylation is 1. The molecule has 0 fully saturated rings. The van der Waals surface area contributed by atoms with Crippen LogP contribution in [0.4, 0.5) is 0 Å². The van der Waals surface area contributed by atoms with E-state index in [1.165, 1.54) is 10.5 Å². The third kappa shape index (κ3) is 5.04. The molecule has 1 rings (SSSR count). The Morgan fingerprint density at radius 1 is 1.67 bits per heavy atom. The average Bonchev–Trinajstić information content (AvgIpc) is 2.58. The van der Waals surface area contributed by atoms with Gasteiger partial charge in [-0.15, -0.1) is 11.8 Å². The first-order chi connectivity index (χ1) is 7.08. The summed E-state index contributed by atoms with van der Waals surface area (Å²) in [6.07, 6.45) is 3.90. The summed E-state index contributed by atoms with van der Waals surface area (Å²) in [6.45, 7) is 9.21. The van der Waals surface area contributed by atoms with Crippen molar-refractivity contribution in [1.29, 1.82) is 0 Å². The van der Waals surface area contributed by atoms with Crippen molar-refractivity contribution in [3.63, 3.8) is 0 Å². The van der Waals surface area contributed by atoms with Crippen LogP contribution in [0.2, 0.25) is 0 Å². The molecule has 0 saturated carbocycles. The Morgan fingerprint density at radius 2 is 2.40 bits per heavy atom. The summed E-state index contributed by atoms with van der Waals surface area (Å²) in [5.41, 5.74) is 1.22. The molecule has 4 heteroatoms. The van der Waals surface area contributed by atoms with Gasteiger partial charge in [0.2, 0.25) is 0 Å². The predicted octanol–water partition coefficient (Wildman–Crippen LogP) is 2.07. The van der Waals surface area contributed by atoms with Crippen LogP contribution in [0.25, 0.3) is 0 Å². The van der Waals surface area contributed by atoms with Gasteiger partial charge in [-0.1, -0.05) is 26.0 Å². The smallest absolute Gasteiger partial charge is 0.0625 e. The average molecular weight is 225 g/mol. The minimum atomic E-state index is 0.519. The fourth-order valence-electron chi connectivity index (χ4n) is 1.06. The second-order valence-corrected chi connectivity index (χ2v) is 4.97. The fourth-order valence-corrected chi connectivity index (χ4v) is 1.88. The molecule has 84 valence electrons. The van der Waals surface area contributed by atoms with Gasteiger partial charge in [0, 0.05) is 36.5 Å². The highest BCUT2D eigenvalue weighted by molar-refractivity contribution is 7.99. The summed E-state index contributed by atoms with van der Waals surface area (Å²) in [4.78, 5) is 1.20. The van der Waals surface area contributed by atoms with Crippen molar-refractivity contribution in [2.75, 3.05) is 12.3 Å². The summed E-state index contributed by atoms with van der Waals surface area (Å²) >= 11 is 1.78. The number of nitrogens with one attached hydrogen (secondary N) is 1. The molecular weight excluding hydrogens is 206 g/mol. The summed E-state index contributed by atoms with van der Waals surface area (Å²) in [7, 11) is 1.93. The number of thioether (sulfide) groups is 1. The molecule has 0 atom stereocenters. The highest BCUT2D eigenvalue weighted by Gasteiger charge is 2.00.